The first-order valence-electron chi connectivity index (χ1n) is 7.04. The molecule has 0 aliphatic heterocycles. The number of nitrogens with two attached hydrogens (primary N) is 1. The maximum Gasteiger partial charge on any atom is 0.0408 e. The van der Waals surface area contributed by atoms with Gasteiger partial charge in [-0.15, -0.1) is 0 Å². The largest absolute Gasteiger partial charge is 0.323 e. The Morgan fingerprint density at radius 3 is 2.37 bits per heavy atom. The Hall–Kier alpha value is -1.67. The van der Waals surface area contributed by atoms with Crippen LogP contribution in [-0.2, 0) is 5.41 Å². The third kappa shape index (κ3) is 2.17. The second-order valence-corrected chi connectivity index (χ2v) is 5.49. The molecule has 2 N–H and O–H groups in total. The van der Waals surface area contributed by atoms with Crippen molar-refractivity contribution in [1.29, 1.82) is 0 Å². The highest BCUT2D eigenvalue weighted by atomic mass is 14.7. The summed E-state index contributed by atoms with van der Waals surface area (Å²) in [5.74, 6) is 0. The van der Waals surface area contributed by atoms with Crippen molar-refractivity contribution in [3.05, 3.63) is 66.0 Å². The molecule has 0 radical (unpaired) electrons. The molecule has 19 heavy (non-hydrogen) atoms. The molecule has 0 amide bonds. The molecule has 1 aliphatic rings. The summed E-state index contributed by atoms with van der Waals surface area (Å²) in [7, 11) is 0. The zero-order valence-electron chi connectivity index (χ0n) is 11.1. The van der Waals surface area contributed by atoms with Crippen LogP contribution >= 0.6 is 0 Å². The first-order valence-corrected chi connectivity index (χ1v) is 7.04. The van der Waals surface area contributed by atoms with E-state index in [1.54, 1.807) is 6.20 Å². The third-order valence-electron chi connectivity index (χ3n) is 4.48. The van der Waals surface area contributed by atoms with Crippen LogP contribution < -0.4 is 5.73 Å². The van der Waals surface area contributed by atoms with Gasteiger partial charge in [0, 0.05) is 23.9 Å². The van der Waals surface area contributed by atoms with Gasteiger partial charge in [-0.1, -0.05) is 49.2 Å². The number of aromatic nitrogens is 1. The molecule has 2 nitrogen and oxygen atoms in total. The van der Waals surface area contributed by atoms with Crippen LogP contribution in [0.2, 0.25) is 0 Å². The molecule has 1 heterocycles. The molecule has 2 aromatic rings. The quantitative estimate of drug-likeness (QED) is 0.906. The van der Waals surface area contributed by atoms with Crippen molar-refractivity contribution in [3.63, 3.8) is 0 Å². The summed E-state index contributed by atoms with van der Waals surface area (Å²) in [5.41, 5.74) is 9.24. The van der Waals surface area contributed by atoms with Gasteiger partial charge in [-0.05, 0) is 30.0 Å². The van der Waals surface area contributed by atoms with Crippen LogP contribution in [0.25, 0.3) is 0 Å². The van der Waals surface area contributed by atoms with Gasteiger partial charge in [-0.25, -0.2) is 0 Å². The maximum absolute atomic E-state index is 6.63. The molecule has 0 bridgehead atoms. The van der Waals surface area contributed by atoms with Crippen molar-refractivity contribution in [1.82, 2.24) is 4.98 Å². The zero-order valence-corrected chi connectivity index (χ0v) is 11.1. The number of pyridine rings is 1. The van der Waals surface area contributed by atoms with Crippen molar-refractivity contribution in [2.24, 2.45) is 5.73 Å². The number of benzene rings is 1. The fourth-order valence-corrected chi connectivity index (χ4v) is 3.43. The fraction of sp³-hybridized carbons (Fsp3) is 0.353. The van der Waals surface area contributed by atoms with Crippen molar-refractivity contribution >= 4 is 0 Å². The number of hydrogen-bond acceptors (Lipinski definition) is 2. The standard InChI is InChI=1S/C17H20N2/c18-16(14-7-6-12-19-13-14)17(10-4-5-11-17)15-8-2-1-3-9-15/h1-3,6-9,12-13,16H,4-5,10-11,18H2. The average Bonchev–Trinajstić information content (AvgIpc) is 2.99. The van der Waals surface area contributed by atoms with Gasteiger partial charge in [0.1, 0.15) is 0 Å². The predicted molar refractivity (Wildman–Crippen MR) is 77.8 cm³/mol. The highest BCUT2D eigenvalue weighted by Gasteiger charge is 2.41. The number of hydrogen-bond donors (Lipinski definition) is 1. The van der Waals surface area contributed by atoms with Gasteiger partial charge < -0.3 is 5.73 Å². The molecular formula is C17H20N2. The highest BCUT2D eigenvalue weighted by Crippen LogP contribution is 2.48. The normalized spacial score (nSPS) is 19.2. The van der Waals surface area contributed by atoms with E-state index >= 15 is 0 Å². The molecule has 1 fully saturated rings. The lowest BCUT2D eigenvalue weighted by Crippen LogP contribution is -2.36. The number of rotatable bonds is 3. The Bertz CT molecular complexity index is 515. The van der Waals surface area contributed by atoms with Crippen LogP contribution in [0.15, 0.2) is 54.9 Å². The summed E-state index contributed by atoms with van der Waals surface area (Å²) in [6, 6.07) is 14.9. The molecule has 3 rings (SSSR count). The molecule has 0 spiro atoms. The topological polar surface area (TPSA) is 38.9 Å². The molecule has 1 aromatic heterocycles. The van der Waals surface area contributed by atoms with Crippen molar-refractivity contribution in [2.45, 2.75) is 37.1 Å². The minimum absolute atomic E-state index is 0.0334. The summed E-state index contributed by atoms with van der Waals surface area (Å²) in [6.07, 6.45) is 8.60. The molecule has 0 saturated heterocycles. The fourth-order valence-electron chi connectivity index (χ4n) is 3.43. The Morgan fingerprint density at radius 1 is 1.00 bits per heavy atom. The molecule has 1 atom stereocenters. The van der Waals surface area contributed by atoms with Crippen molar-refractivity contribution in [2.75, 3.05) is 0 Å². The summed E-state index contributed by atoms with van der Waals surface area (Å²) in [5, 5.41) is 0. The van der Waals surface area contributed by atoms with Crippen LogP contribution in [0.1, 0.15) is 42.9 Å². The summed E-state index contributed by atoms with van der Waals surface area (Å²) < 4.78 is 0. The highest BCUT2D eigenvalue weighted by molar-refractivity contribution is 5.33. The van der Waals surface area contributed by atoms with E-state index in [1.165, 1.54) is 31.2 Å². The average molecular weight is 252 g/mol. The maximum atomic E-state index is 6.63. The third-order valence-corrected chi connectivity index (χ3v) is 4.48. The van der Waals surface area contributed by atoms with Gasteiger partial charge in [-0.2, -0.15) is 0 Å². The first kappa shape index (κ1) is 12.4. The van der Waals surface area contributed by atoms with Crippen molar-refractivity contribution in [3.8, 4) is 0 Å². The van der Waals surface area contributed by atoms with Gasteiger partial charge in [0.2, 0.25) is 0 Å². The van der Waals surface area contributed by atoms with E-state index in [0.717, 1.165) is 5.56 Å². The molecule has 1 saturated carbocycles. The van der Waals surface area contributed by atoms with Crippen LogP contribution in [0.4, 0.5) is 0 Å². The lowest BCUT2D eigenvalue weighted by molar-refractivity contribution is 0.356. The molecule has 1 aromatic carbocycles. The molecule has 2 heteroatoms. The smallest absolute Gasteiger partial charge is 0.0408 e. The van der Waals surface area contributed by atoms with Gasteiger partial charge in [0.15, 0.2) is 0 Å². The lowest BCUT2D eigenvalue weighted by atomic mass is 9.71. The Balaban J connectivity index is 2.02. The van der Waals surface area contributed by atoms with Crippen LogP contribution in [0.5, 0.6) is 0 Å². The van der Waals surface area contributed by atoms with E-state index in [9.17, 15) is 0 Å². The lowest BCUT2D eigenvalue weighted by Gasteiger charge is -2.36. The monoisotopic (exact) mass is 252 g/mol. The van der Waals surface area contributed by atoms with Crippen LogP contribution in [0.3, 0.4) is 0 Å². The van der Waals surface area contributed by atoms with Gasteiger partial charge in [-0.3, -0.25) is 4.98 Å². The minimum atomic E-state index is 0.0334. The van der Waals surface area contributed by atoms with E-state index in [4.69, 9.17) is 5.73 Å². The van der Waals surface area contributed by atoms with E-state index in [0.29, 0.717) is 0 Å². The van der Waals surface area contributed by atoms with Gasteiger partial charge >= 0.3 is 0 Å². The Labute approximate surface area is 114 Å². The summed E-state index contributed by atoms with van der Waals surface area (Å²) in [6.45, 7) is 0. The SMILES string of the molecule is NC(c1cccnc1)C1(c2ccccc2)CCCC1. The molecule has 98 valence electrons. The first-order chi connectivity index (χ1) is 9.33. The molecule has 1 aliphatic carbocycles. The van der Waals surface area contributed by atoms with Gasteiger partial charge in [0.25, 0.3) is 0 Å². The van der Waals surface area contributed by atoms with E-state index in [1.807, 2.05) is 12.3 Å². The Morgan fingerprint density at radius 2 is 1.74 bits per heavy atom. The zero-order chi connectivity index (χ0) is 13.1. The second kappa shape index (κ2) is 5.14. The van der Waals surface area contributed by atoms with Gasteiger partial charge in [0.05, 0.1) is 0 Å². The predicted octanol–water partition coefficient (Wildman–Crippen LogP) is 3.59. The van der Waals surface area contributed by atoms with Crippen molar-refractivity contribution < 1.29 is 0 Å². The van der Waals surface area contributed by atoms with Crippen LogP contribution in [0, 0.1) is 0 Å². The molecular weight excluding hydrogens is 232 g/mol. The second-order valence-electron chi connectivity index (χ2n) is 5.49. The summed E-state index contributed by atoms with van der Waals surface area (Å²) in [4.78, 5) is 4.22. The van der Waals surface area contributed by atoms with E-state index in [2.05, 4.69) is 41.4 Å². The van der Waals surface area contributed by atoms with E-state index < -0.39 is 0 Å². The van der Waals surface area contributed by atoms with E-state index in [-0.39, 0.29) is 11.5 Å². The number of nitrogens with zero attached hydrogens (tertiary/aromatic N) is 1. The summed E-state index contributed by atoms with van der Waals surface area (Å²) >= 11 is 0. The minimum Gasteiger partial charge on any atom is -0.323 e. The molecule has 1 unspecified atom stereocenters. The Kier molecular flexibility index (Phi) is 3.34. The van der Waals surface area contributed by atoms with Crippen LogP contribution in [-0.4, -0.2) is 4.98 Å².